The highest BCUT2D eigenvalue weighted by atomic mass is 79.9. The summed E-state index contributed by atoms with van der Waals surface area (Å²) in [7, 11) is 0. The maximum absolute atomic E-state index is 13.0. The normalized spacial score (nSPS) is 15.2. The predicted octanol–water partition coefficient (Wildman–Crippen LogP) is 4.64. The Morgan fingerprint density at radius 2 is 1.89 bits per heavy atom. The minimum absolute atomic E-state index is 0.00356. The number of anilines is 1. The second-order valence-electron chi connectivity index (χ2n) is 7.36. The van der Waals surface area contributed by atoms with Gasteiger partial charge in [0.05, 0.1) is 4.91 Å². The van der Waals surface area contributed by atoms with Crippen molar-refractivity contribution < 1.29 is 34.1 Å². The molecule has 1 saturated heterocycles. The van der Waals surface area contributed by atoms with E-state index in [9.17, 15) is 24.3 Å². The first-order chi connectivity index (χ1) is 17.0. The summed E-state index contributed by atoms with van der Waals surface area (Å²) in [6.07, 6.45) is 0.750. The van der Waals surface area contributed by atoms with E-state index in [1.54, 1.807) is 42.5 Å². The molecule has 2 amide bonds. The first-order valence-corrected chi connectivity index (χ1v) is 12.6. The van der Waals surface area contributed by atoms with Crippen LogP contribution in [0.2, 0.25) is 5.02 Å². The summed E-state index contributed by atoms with van der Waals surface area (Å²) >= 11 is 15.3. The van der Waals surface area contributed by atoms with E-state index in [0.29, 0.717) is 26.5 Å². The second kappa shape index (κ2) is 12.3. The molecule has 1 aliphatic heterocycles. The molecule has 1 heterocycles. The first-order valence-electron chi connectivity index (χ1n) is 10.2. The summed E-state index contributed by atoms with van der Waals surface area (Å²) in [6, 6.07) is 10.1. The molecule has 1 unspecified atom stereocenters. The van der Waals surface area contributed by atoms with E-state index in [1.165, 1.54) is 6.08 Å². The summed E-state index contributed by atoms with van der Waals surface area (Å²) in [5, 5.41) is 21.7. The number of aliphatic carboxylic acids is 2. The minimum atomic E-state index is -1.41. The van der Waals surface area contributed by atoms with Crippen LogP contribution < -0.4 is 10.1 Å². The van der Waals surface area contributed by atoms with Gasteiger partial charge in [-0.15, -0.1) is 0 Å². The lowest BCUT2D eigenvalue weighted by Crippen LogP contribution is -2.44. The number of benzene rings is 2. The van der Waals surface area contributed by atoms with E-state index in [1.807, 2.05) is 0 Å². The van der Waals surface area contributed by atoms with Crippen LogP contribution in [0.1, 0.15) is 18.4 Å². The highest BCUT2D eigenvalue weighted by Gasteiger charge is 2.40. The van der Waals surface area contributed by atoms with E-state index >= 15 is 0 Å². The van der Waals surface area contributed by atoms with Crippen molar-refractivity contribution in [2.24, 2.45) is 0 Å². The fourth-order valence-corrected chi connectivity index (χ4v) is 5.00. The van der Waals surface area contributed by atoms with Crippen molar-refractivity contribution in [1.82, 2.24) is 4.90 Å². The molecule has 13 heteroatoms. The standard InChI is InChI=1S/C23H18BrClN2O7S2/c24-13-1-7-17(34-11-19(28)26-15-4-2-14(25)3-5-15)12(9-13)10-18-21(31)27(23(35)36-18)16(22(32)33)6-8-20(29)30/h1-5,7,9-10,16H,6,8,11H2,(H,26,28)(H,29,30)(H,32,33)/b18-10-. The number of ether oxygens (including phenoxy) is 1. The molecule has 3 rings (SSSR count). The summed E-state index contributed by atoms with van der Waals surface area (Å²) in [5.41, 5.74) is 0.991. The van der Waals surface area contributed by atoms with E-state index in [2.05, 4.69) is 21.2 Å². The first kappa shape index (κ1) is 27.7. The topological polar surface area (TPSA) is 133 Å². The van der Waals surface area contributed by atoms with Gasteiger partial charge in [-0.3, -0.25) is 19.3 Å². The lowest BCUT2D eigenvalue weighted by molar-refractivity contribution is -0.146. The summed E-state index contributed by atoms with van der Waals surface area (Å²) in [4.78, 5) is 49.0. The van der Waals surface area contributed by atoms with Gasteiger partial charge in [0.25, 0.3) is 11.8 Å². The van der Waals surface area contributed by atoms with Crippen LogP contribution in [0.3, 0.4) is 0 Å². The fraction of sp³-hybridized carbons (Fsp3) is 0.174. The number of hydrogen-bond donors (Lipinski definition) is 3. The van der Waals surface area contributed by atoms with Gasteiger partial charge in [0, 0.05) is 27.2 Å². The summed E-state index contributed by atoms with van der Waals surface area (Å²) in [5.74, 6) is -3.31. The average Bonchev–Trinajstić information content (AvgIpc) is 3.07. The second-order valence-corrected chi connectivity index (χ2v) is 10.4. The van der Waals surface area contributed by atoms with Gasteiger partial charge in [-0.25, -0.2) is 4.79 Å². The monoisotopic (exact) mass is 612 g/mol. The highest BCUT2D eigenvalue weighted by Crippen LogP contribution is 2.37. The Morgan fingerprint density at radius 3 is 2.53 bits per heavy atom. The van der Waals surface area contributed by atoms with Crippen molar-refractivity contribution in [1.29, 1.82) is 0 Å². The smallest absolute Gasteiger partial charge is 0.326 e. The average molecular weight is 614 g/mol. The van der Waals surface area contributed by atoms with Crippen LogP contribution in [0.5, 0.6) is 5.75 Å². The molecular weight excluding hydrogens is 596 g/mol. The lowest BCUT2D eigenvalue weighted by atomic mass is 10.1. The Labute approximate surface area is 228 Å². The molecule has 1 fully saturated rings. The highest BCUT2D eigenvalue weighted by molar-refractivity contribution is 9.10. The van der Waals surface area contributed by atoms with Crippen molar-refractivity contribution in [3.63, 3.8) is 0 Å². The van der Waals surface area contributed by atoms with Crippen molar-refractivity contribution in [2.45, 2.75) is 18.9 Å². The number of nitrogens with zero attached hydrogens (tertiary/aromatic N) is 1. The van der Waals surface area contributed by atoms with Gasteiger partial charge in [0.15, 0.2) is 6.61 Å². The maximum atomic E-state index is 13.0. The third kappa shape index (κ3) is 7.29. The summed E-state index contributed by atoms with van der Waals surface area (Å²) in [6.45, 7) is -0.317. The van der Waals surface area contributed by atoms with Crippen molar-refractivity contribution in [3.8, 4) is 5.75 Å². The fourth-order valence-electron chi connectivity index (χ4n) is 3.15. The molecule has 2 aromatic rings. The number of amides is 2. The van der Waals surface area contributed by atoms with Gasteiger partial charge in [-0.05, 0) is 55.0 Å². The van der Waals surface area contributed by atoms with Crippen LogP contribution in [0.25, 0.3) is 6.08 Å². The number of carbonyl (C=O) groups is 4. The van der Waals surface area contributed by atoms with Crippen LogP contribution >= 0.6 is 51.5 Å². The molecule has 2 aromatic carbocycles. The number of nitrogens with one attached hydrogen (secondary N) is 1. The molecule has 0 radical (unpaired) electrons. The number of thiocarbonyl (C=S) groups is 1. The molecule has 0 bridgehead atoms. The molecule has 1 aliphatic rings. The number of rotatable bonds is 10. The third-order valence-electron chi connectivity index (χ3n) is 4.80. The van der Waals surface area contributed by atoms with Crippen LogP contribution in [0, 0.1) is 0 Å². The Hall–Kier alpha value is -2.93. The van der Waals surface area contributed by atoms with E-state index in [0.717, 1.165) is 16.7 Å². The van der Waals surface area contributed by atoms with Gasteiger partial charge in [0.2, 0.25) is 0 Å². The van der Waals surface area contributed by atoms with Gasteiger partial charge in [-0.1, -0.05) is 51.5 Å². The molecule has 3 N–H and O–H groups in total. The number of halogens is 2. The molecule has 0 spiro atoms. The van der Waals surface area contributed by atoms with E-state index in [-0.39, 0.29) is 22.3 Å². The van der Waals surface area contributed by atoms with Crippen molar-refractivity contribution in [2.75, 3.05) is 11.9 Å². The van der Waals surface area contributed by atoms with Gasteiger partial charge >= 0.3 is 11.9 Å². The SMILES string of the molecule is O=C(O)CCC(C(=O)O)N1C(=O)/C(=C/c2cc(Br)ccc2OCC(=O)Nc2ccc(Cl)cc2)SC1=S. The molecule has 9 nitrogen and oxygen atoms in total. The number of carbonyl (C=O) groups excluding carboxylic acids is 2. The zero-order chi connectivity index (χ0) is 26.4. The maximum Gasteiger partial charge on any atom is 0.326 e. The molecular formula is C23H18BrClN2O7S2. The molecule has 36 heavy (non-hydrogen) atoms. The Kier molecular flexibility index (Phi) is 9.49. The number of hydrogen-bond acceptors (Lipinski definition) is 7. The molecule has 0 saturated carbocycles. The zero-order valence-corrected chi connectivity index (χ0v) is 22.2. The van der Waals surface area contributed by atoms with Gasteiger partial charge in [-0.2, -0.15) is 0 Å². The third-order valence-corrected chi connectivity index (χ3v) is 6.87. The molecule has 188 valence electrons. The quantitative estimate of drug-likeness (QED) is 0.259. The van der Waals surface area contributed by atoms with E-state index in [4.69, 9.17) is 33.7 Å². The van der Waals surface area contributed by atoms with Gasteiger partial charge in [0.1, 0.15) is 16.1 Å². The Bertz CT molecular complexity index is 1250. The van der Waals surface area contributed by atoms with Gasteiger partial charge < -0.3 is 20.3 Å². The number of carboxylic acids is 2. The molecule has 1 atom stereocenters. The van der Waals surface area contributed by atoms with Crippen molar-refractivity contribution in [3.05, 3.63) is 62.4 Å². The largest absolute Gasteiger partial charge is 0.483 e. The summed E-state index contributed by atoms with van der Waals surface area (Å²) < 4.78 is 6.35. The predicted molar refractivity (Wildman–Crippen MR) is 143 cm³/mol. The number of thioether (sulfide) groups is 1. The molecule has 0 aromatic heterocycles. The minimum Gasteiger partial charge on any atom is -0.483 e. The van der Waals surface area contributed by atoms with Crippen LogP contribution in [0.4, 0.5) is 5.69 Å². The zero-order valence-electron chi connectivity index (χ0n) is 18.3. The van der Waals surface area contributed by atoms with Crippen molar-refractivity contribution >= 4 is 91.3 Å². The van der Waals surface area contributed by atoms with Crippen LogP contribution in [-0.4, -0.2) is 55.8 Å². The van der Waals surface area contributed by atoms with E-state index < -0.39 is 36.2 Å². The molecule has 0 aliphatic carbocycles. The van der Waals surface area contributed by atoms with Crippen LogP contribution in [-0.2, 0) is 19.2 Å². The number of carboxylic acid groups (broad SMARTS) is 2. The van der Waals surface area contributed by atoms with Crippen LogP contribution in [0.15, 0.2) is 51.8 Å². The Morgan fingerprint density at radius 1 is 1.19 bits per heavy atom. The Balaban J connectivity index is 1.77. The lowest BCUT2D eigenvalue weighted by Gasteiger charge is -2.22.